The van der Waals surface area contributed by atoms with Gasteiger partial charge in [-0.05, 0) is 0 Å². The summed E-state index contributed by atoms with van der Waals surface area (Å²) in [7, 11) is 13.4. The molecule has 0 bridgehead atoms. The first-order valence-corrected chi connectivity index (χ1v) is 20.2. The molecular weight excluding hydrogens is 705 g/mol. The van der Waals surface area contributed by atoms with E-state index >= 15 is 0 Å². The van der Waals surface area contributed by atoms with Gasteiger partial charge in [0.2, 0.25) is 0 Å². The molecule has 0 aliphatic carbocycles. The number of benzene rings is 4. The van der Waals surface area contributed by atoms with Crippen molar-refractivity contribution in [1.29, 1.82) is 0 Å². The molecule has 0 fully saturated rings. The smallest absolute Gasteiger partial charge is 0.412 e. The van der Waals surface area contributed by atoms with E-state index in [2.05, 4.69) is 48.5 Å². The molecule has 6 nitrogen and oxygen atoms in total. The molecule has 0 aromatic heterocycles. The van der Waals surface area contributed by atoms with Crippen LogP contribution in [-0.2, 0) is 0 Å². The van der Waals surface area contributed by atoms with Crippen molar-refractivity contribution >= 4 is 63.0 Å². The van der Waals surface area contributed by atoms with Crippen molar-refractivity contribution in [2.75, 3.05) is 28.4 Å². The molecule has 0 unspecified atom stereocenters. The molecule has 195 valence electrons. The first kappa shape index (κ1) is 32.9. The van der Waals surface area contributed by atoms with E-state index in [-0.39, 0.29) is 11.0 Å². The van der Waals surface area contributed by atoms with Crippen molar-refractivity contribution in [3.05, 3.63) is 97.1 Å². The Morgan fingerprint density at radius 2 is 0.703 bits per heavy atom. The Hall–Kier alpha value is -2.11. The van der Waals surface area contributed by atoms with Gasteiger partial charge in [-0.25, -0.2) is 0 Å². The van der Waals surface area contributed by atoms with Crippen molar-refractivity contribution < 1.29 is 29.9 Å². The number of ether oxygens (including phenoxy) is 4. The summed E-state index contributed by atoms with van der Waals surface area (Å²) in [6.07, 6.45) is 0. The van der Waals surface area contributed by atoms with Gasteiger partial charge in [-0.15, -0.1) is 0 Å². The van der Waals surface area contributed by atoms with Gasteiger partial charge in [-0.2, -0.15) is 0 Å². The molecular formula is C28H32ClO6Sn2. The number of halogens is 1. The third-order valence-electron chi connectivity index (χ3n) is 5.16. The number of rotatable bonds is 8. The fourth-order valence-electron chi connectivity index (χ4n) is 3.16. The van der Waals surface area contributed by atoms with E-state index in [9.17, 15) is 0 Å². The molecule has 37 heavy (non-hydrogen) atoms. The van der Waals surface area contributed by atoms with Gasteiger partial charge >= 0.3 is 230 Å². The zero-order chi connectivity index (χ0) is 25.0. The molecule has 0 atom stereocenters. The van der Waals surface area contributed by atoms with E-state index in [1.807, 2.05) is 48.5 Å². The van der Waals surface area contributed by atoms with Crippen molar-refractivity contribution in [2.24, 2.45) is 0 Å². The average Bonchev–Trinajstić information content (AvgIpc) is 2.94. The Morgan fingerprint density at radius 1 is 0.459 bits per heavy atom. The number of hydrogen-bond acceptors (Lipinski definition) is 4. The molecule has 9 heteroatoms. The van der Waals surface area contributed by atoms with E-state index in [0.29, 0.717) is 0 Å². The quantitative estimate of drug-likeness (QED) is 0.258. The van der Waals surface area contributed by atoms with Crippen molar-refractivity contribution in [1.82, 2.24) is 0 Å². The van der Waals surface area contributed by atoms with Crippen molar-refractivity contribution in [3.8, 4) is 23.0 Å². The largest absolute Gasteiger partial charge is 0.412 e. The van der Waals surface area contributed by atoms with E-state index in [1.165, 1.54) is 14.3 Å². The molecule has 0 saturated carbocycles. The maximum atomic E-state index is 6.64. The van der Waals surface area contributed by atoms with Gasteiger partial charge in [0.25, 0.3) is 0 Å². The maximum absolute atomic E-state index is 6.64. The van der Waals surface area contributed by atoms with Crippen LogP contribution in [0.5, 0.6) is 23.0 Å². The monoisotopic (exact) mass is 739 g/mol. The van der Waals surface area contributed by atoms with Gasteiger partial charge in [-0.1, -0.05) is 0 Å². The van der Waals surface area contributed by atoms with E-state index in [0.717, 1.165) is 23.0 Å². The SMILES string of the molecule is COc1cc[c]([Sn]([Cl])[c]2ccc(OC)cc2)cc1.COc1cc[c]([Sn][c]2ccc(OC)cc2)cc1.O.O. The van der Waals surface area contributed by atoms with E-state index in [1.54, 1.807) is 28.4 Å². The summed E-state index contributed by atoms with van der Waals surface area (Å²) in [5.74, 6) is 3.56. The van der Waals surface area contributed by atoms with Crippen molar-refractivity contribution in [2.45, 2.75) is 0 Å². The van der Waals surface area contributed by atoms with Crippen LogP contribution >= 0.6 is 8.92 Å². The molecule has 0 aliphatic rings. The molecule has 0 spiro atoms. The maximum Gasteiger partial charge on any atom is -0.412 e. The molecule has 0 amide bonds. The van der Waals surface area contributed by atoms with Gasteiger partial charge in [0.05, 0.1) is 0 Å². The second-order valence-corrected chi connectivity index (χ2v) is 19.0. The van der Waals surface area contributed by atoms with Gasteiger partial charge < -0.3 is 11.0 Å². The summed E-state index contributed by atoms with van der Waals surface area (Å²) in [6, 6.07) is 32.8. The predicted molar refractivity (Wildman–Crippen MR) is 155 cm³/mol. The Bertz CT molecular complexity index is 1060. The van der Waals surface area contributed by atoms with Crippen LogP contribution in [0.2, 0.25) is 0 Å². The van der Waals surface area contributed by atoms with E-state index < -0.39 is 39.8 Å². The first-order valence-electron chi connectivity index (χ1n) is 10.9. The van der Waals surface area contributed by atoms with Gasteiger partial charge in [0.1, 0.15) is 0 Å². The second-order valence-electron chi connectivity index (χ2n) is 7.35. The summed E-state index contributed by atoms with van der Waals surface area (Å²) >= 11 is -2.91. The Morgan fingerprint density at radius 3 is 0.946 bits per heavy atom. The standard InChI is InChI=1S/4C7H7O.ClH.2H2O.2Sn/c4*1-8-7-5-3-2-4-6-7;;;;;/h4*3-6H,1H3;1H;2*1H2;;/q;;;;;;;;+1/p-1. The third kappa shape index (κ3) is 10.3. The summed E-state index contributed by atoms with van der Waals surface area (Å²) in [5.41, 5.74) is 0. The molecule has 4 aromatic carbocycles. The average molecular weight is 737 g/mol. The normalized spacial score (nSPS) is 9.68. The summed E-state index contributed by atoms with van der Waals surface area (Å²) < 4.78 is 26.0. The predicted octanol–water partition coefficient (Wildman–Crippen LogP) is 1.76. The van der Waals surface area contributed by atoms with Crippen LogP contribution in [0.15, 0.2) is 97.1 Å². The van der Waals surface area contributed by atoms with Crippen LogP contribution in [-0.4, -0.2) is 79.2 Å². The van der Waals surface area contributed by atoms with Crippen LogP contribution in [0.25, 0.3) is 0 Å². The van der Waals surface area contributed by atoms with Crippen molar-refractivity contribution in [3.63, 3.8) is 0 Å². The first-order chi connectivity index (χ1) is 17.1. The molecule has 0 heterocycles. The minimum Gasteiger partial charge on any atom is -0.412 e. The van der Waals surface area contributed by atoms with Gasteiger partial charge in [0.15, 0.2) is 0 Å². The minimum atomic E-state index is -2.23. The zero-order valence-electron chi connectivity index (χ0n) is 21.2. The molecule has 4 rings (SSSR count). The third-order valence-corrected chi connectivity index (χ3v) is 16.4. The second kappa shape index (κ2) is 17.4. The van der Waals surface area contributed by atoms with Crippen LogP contribution < -0.4 is 33.3 Å². The van der Waals surface area contributed by atoms with E-state index in [4.69, 9.17) is 27.9 Å². The number of hydrogen-bond donors (Lipinski definition) is 0. The Labute approximate surface area is 239 Å². The minimum absolute atomic E-state index is 0. The molecule has 4 N–H and O–H groups in total. The zero-order valence-corrected chi connectivity index (χ0v) is 27.7. The fourth-order valence-corrected chi connectivity index (χ4v) is 11.3. The van der Waals surface area contributed by atoms with Gasteiger partial charge in [-0.3, -0.25) is 0 Å². The molecule has 0 aliphatic heterocycles. The number of methoxy groups -OCH3 is 4. The Kier molecular flexibility index (Phi) is 15.5. The van der Waals surface area contributed by atoms with Crippen LogP contribution in [0.1, 0.15) is 0 Å². The molecule has 0 saturated heterocycles. The molecule has 3 radical (unpaired) electrons. The van der Waals surface area contributed by atoms with Crippen LogP contribution in [0.3, 0.4) is 0 Å². The Balaban J connectivity index is 0.000000351. The molecule has 4 aromatic rings. The van der Waals surface area contributed by atoms with Crippen LogP contribution in [0, 0.1) is 0 Å². The summed E-state index contributed by atoms with van der Waals surface area (Å²) in [6.45, 7) is 0. The summed E-state index contributed by atoms with van der Waals surface area (Å²) in [4.78, 5) is 0. The fraction of sp³-hybridized carbons (Fsp3) is 0.143. The van der Waals surface area contributed by atoms with Crippen LogP contribution in [0.4, 0.5) is 0 Å². The summed E-state index contributed by atoms with van der Waals surface area (Å²) in [5, 5.41) is 0. The van der Waals surface area contributed by atoms with Gasteiger partial charge in [0, 0.05) is 0 Å². The topological polar surface area (TPSA) is 99.9 Å².